The lowest BCUT2D eigenvalue weighted by Gasteiger charge is -2.21. The van der Waals surface area contributed by atoms with Crippen LogP contribution < -0.4 is 0 Å². The van der Waals surface area contributed by atoms with Gasteiger partial charge in [0.15, 0.2) is 12.2 Å². The molecule has 19 heteroatoms. The number of phosphoric acid groups is 2. The maximum Gasteiger partial charge on any atom is 0.472 e. The van der Waals surface area contributed by atoms with Gasteiger partial charge < -0.3 is 33.8 Å². The van der Waals surface area contributed by atoms with Gasteiger partial charge in [-0.1, -0.05) is 362 Å². The molecule has 97 heavy (non-hydrogen) atoms. The summed E-state index contributed by atoms with van der Waals surface area (Å²) in [6, 6.07) is 0. The molecule has 0 heterocycles. The Morgan fingerprint density at radius 1 is 0.278 bits per heavy atom. The molecule has 0 aliphatic heterocycles. The van der Waals surface area contributed by atoms with E-state index in [0.29, 0.717) is 25.7 Å². The van der Waals surface area contributed by atoms with E-state index in [9.17, 15) is 43.2 Å². The lowest BCUT2D eigenvalue weighted by molar-refractivity contribution is -0.161. The molecule has 0 aliphatic rings. The summed E-state index contributed by atoms with van der Waals surface area (Å²) < 4.78 is 68.6. The molecule has 0 aliphatic carbocycles. The minimum Gasteiger partial charge on any atom is -0.462 e. The van der Waals surface area contributed by atoms with Crippen LogP contribution in [0.15, 0.2) is 0 Å². The molecule has 17 nitrogen and oxygen atoms in total. The Bertz CT molecular complexity index is 1860. The quantitative estimate of drug-likeness (QED) is 0.0222. The molecule has 576 valence electrons. The van der Waals surface area contributed by atoms with Crippen molar-refractivity contribution in [3.8, 4) is 0 Å². The fourth-order valence-corrected chi connectivity index (χ4v) is 13.6. The summed E-state index contributed by atoms with van der Waals surface area (Å²) >= 11 is 0. The van der Waals surface area contributed by atoms with E-state index in [0.717, 1.165) is 95.8 Å². The molecule has 0 fully saturated rings. The first-order valence-corrected chi connectivity index (χ1v) is 43.6. The second kappa shape index (κ2) is 71.1. The van der Waals surface area contributed by atoms with Crippen molar-refractivity contribution < 1.29 is 80.2 Å². The third kappa shape index (κ3) is 72.2. The van der Waals surface area contributed by atoms with Gasteiger partial charge in [0.05, 0.1) is 26.4 Å². The van der Waals surface area contributed by atoms with Crippen LogP contribution in [-0.4, -0.2) is 96.7 Å². The number of unbranched alkanes of at least 4 members (excludes halogenated alkanes) is 50. The Balaban J connectivity index is 5.25. The topological polar surface area (TPSA) is 237 Å². The number of ether oxygens (including phenoxy) is 4. The Morgan fingerprint density at radius 3 is 0.701 bits per heavy atom. The minimum atomic E-state index is -4.96. The van der Waals surface area contributed by atoms with E-state index in [4.69, 9.17) is 37.0 Å². The monoisotopic (exact) mass is 1420 g/mol. The summed E-state index contributed by atoms with van der Waals surface area (Å²) in [5.41, 5.74) is 0. The SMILES string of the molecule is CCCCCCCCCCCCCCCCCCCC(=O)O[C@H](COC(=O)CCCCCCCCCCCCCCCC(C)C)COP(=O)(O)OC[C@@H](O)COP(=O)(O)OC[C@@H](COC(=O)CCCCCCCCCCCCC)OC(=O)CCCCCCCCCCCCCCC. The molecule has 3 N–H and O–H groups in total. The molecular formula is C78H152O17P2. The number of hydrogen-bond donors (Lipinski definition) is 3. The lowest BCUT2D eigenvalue weighted by Crippen LogP contribution is -2.30. The number of phosphoric ester groups is 2. The number of carbonyl (C=O) groups is 4. The van der Waals surface area contributed by atoms with Crippen LogP contribution in [0, 0.1) is 5.92 Å². The molecule has 0 aromatic carbocycles. The van der Waals surface area contributed by atoms with Crippen LogP contribution >= 0.6 is 15.6 Å². The second-order valence-electron chi connectivity index (χ2n) is 28.6. The van der Waals surface area contributed by atoms with Crippen LogP contribution in [0.3, 0.4) is 0 Å². The molecule has 0 spiro atoms. The number of rotatable bonds is 78. The highest BCUT2D eigenvalue weighted by Gasteiger charge is 2.30. The van der Waals surface area contributed by atoms with E-state index in [1.54, 1.807) is 0 Å². The Morgan fingerprint density at radius 2 is 0.474 bits per heavy atom. The molecule has 0 rings (SSSR count). The van der Waals surface area contributed by atoms with E-state index < -0.39 is 97.5 Å². The smallest absolute Gasteiger partial charge is 0.462 e. The summed E-state index contributed by atoms with van der Waals surface area (Å²) in [5.74, 6) is -1.32. The molecule has 2 unspecified atom stereocenters. The lowest BCUT2D eigenvalue weighted by atomic mass is 10.0. The van der Waals surface area contributed by atoms with Gasteiger partial charge in [0, 0.05) is 25.7 Å². The van der Waals surface area contributed by atoms with Crippen LogP contribution in [0.25, 0.3) is 0 Å². The first-order valence-electron chi connectivity index (χ1n) is 40.6. The summed E-state index contributed by atoms with van der Waals surface area (Å²) in [6.45, 7) is 7.33. The average molecular weight is 1420 g/mol. The predicted molar refractivity (Wildman–Crippen MR) is 395 cm³/mol. The van der Waals surface area contributed by atoms with Gasteiger partial charge in [-0.2, -0.15) is 0 Å². The summed E-state index contributed by atoms with van der Waals surface area (Å²) in [6.07, 6.45) is 60.8. The van der Waals surface area contributed by atoms with Crippen molar-refractivity contribution in [3.63, 3.8) is 0 Å². The van der Waals surface area contributed by atoms with Crippen molar-refractivity contribution in [1.29, 1.82) is 0 Å². The molecule has 0 radical (unpaired) electrons. The molecule has 5 atom stereocenters. The normalized spacial score (nSPS) is 13.9. The van der Waals surface area contributed by atoms with Gasteiger partial charge in [0.1, 0.15) is 19.3 Å². The third-order valence-corrected chi connectivity index (χ3v) is 20.2. The molecule has 0 bridgehead atoms. The maximum absolute atomic E-state index is 13.1. The van der Waals surface area contributed by atoms with Crippen LogP contribution in [-0.2, 0) is 65.4 Å². The van der Waals surface area contributed by atoms with Crippen molar-refractivity contribution in [2.45, 2.75) is 432 Å². The number of aliphatic hydroxyl groups excluding tert-OH is 1. The predicted octanol–water partition coefficient (Wildman–Crippen LogP) is 23.3. The van der Waals surface area contributed by atoms with Crippen molar-refractivity contribution in [3.05, 3.63) is 0 Å². The number of carbonyl (C=O) groups excluding carboxylic acids is 4. The van der Waals surface area contributed by atoms with Crippen LogP contribution in [0.1, 0.15) is 413 Å². The zero-order valence-electron chi connectivity index (χ0n) is 63.2. The zero-order valence-corrected chi connectivity index (χ0v) is 65.0. The first-order chi connectivity index (χ1) is 47.0. The van der Waals surface area contributed by atoms with Crippen LogP contribution in [0.4, 0.5) is 0 Å². The number of esters is 4. The first kappa shape index (κ1) is 95.1. The molecule has 0 saturated heterocycles. The standard InChI is InChI=1S/C78H152O17P2/c1-6-9-12-15-18-21-24-26-27-28-29-33-39-44-49-54-59-64-78(83)95-74(68-89-76(81)62-57-52-47-42-37-34-30-32-36-40-45-50-55-60-71(4)5)70-93-97(86,87)91-66-72(79)65-90-96(84,85)92-69-73(67-88-75(80)61-56-51-46-41-35-23-20-17-14-11-8-3)94-77(82)63-58-53-48-43-38-31-25-22-19-16-13-10-7-2/h71-74,79H,6-70H2,1-5H3,(H,84,85)(H,86,87)/t72-,73+,74+/m0/s1. The van der Waals surface area contributed by atoms with Gasteiger partial charge in [-0.15, -0.1) is 0 Å². The van der Waals surface area contributed by atoms with Gasteiger partial charge in [0.2, 0.25) is 0 Å². The summed E-state index contributed by atoms with van der Waals surface area (Å²) in [5, 5.41) is 10.6. The number of hydrogen-bond acceptors (Lipinski definition) is 15. The van der Waals surface area contributed by atoms with Gasteiger partial charge in [-0.3, -0.25) is 37.3 Å². The minimum absolute atomic E-state index is 0.108. The van der Waals surface area contributed by atoms with Gasteiger partial charge in [-0.05, 0) is 31.6 Å². The van der Waals surface area contributed by atoms with E-state index in [1.807, 2.05) is 0 Å². The molecule has 0 aromatic rings. The van der Waals surface area contributed by atoms with E-state index in [2.05, 4.69) is 34.6 Å². The largest absolute Gasteiger partial charge is 0.472 e. The summed E-state index contributed by atoms with van der Waals surface area (Å²) in [7, 11) is -9.91. The zero-order chi connectivity index (χ0) is 71.2. The highest BCUT2D eigenvalue weighted by Crippen LogP contribution is 2.45. The summed E-state index contributed by atoms with van der Waals surface area (Å²) in [4.78, 5) is 72.9. The second-order valence-corrected chi connectivity index (χ2v) is 31.5. The molecule has 0 amide bonds. The Labute approximate surface area is 594 Å². The average Bonchev–Trinajstić information content (AvgIpc) is 2.20. The Hall–Kier alpha value is -1.94. The molecule has 0 aromatic heterocycles. The highest BCUT2D eigenvalue weighted by molar-refractivity contribution is 7.47. The van der Waals surface area contributed by atoms with Crippen LogP contribution in [0.2, 0.25) is 0 Å². The van der Waals surface area contributed by atoms with Crippen molar-refractivity contribution in [2.75, 3.05) is 39.6 Å². The highest BCUT2D eigenvalue weighted by atomic mass is 31.2. The van der Waals surface area contributed by atoms with Gasteiger partial charge >= 0.3 is 39.5 Å². The van der Waals surface area contributed by atoms with Gasteiger partial charge in [0.25, 0.3) is 0 Å². The fraction of sp³-hybridized carbons (Fsp3) is 0.949. The maximum atomic E-state index is 13.1. The van der Waals surface area contributed by atoms with E-state index in [1.165, 1.54) is 238 Å². The molecular weight excluding hydrogens is 1270 g/mol. The fourth-order valence-electron chi connectivity index (χ4n) is 12.1. The van der Waals surface area contributed by atoms with Crippen molar-refractivity contribution >= 4 is 39.5 Å². The van der Waals surface area contributed by atoms with Crippen LogP contribution in [0.5, 0.6) is 0 Å². The van der Waals surface area contributed by atoms with Crippen molar-refractivity contribution in [2.24, 2.45) is 5.92 Å². The van der Waals surface area contributed by atoms with E-state index in [-0.39, 0.29) is 25.7 Å². The third-order valence-electron chi connectivity index (χ3n) is 18.3. The van der Waals surface area contributed by atoms with E-state index >= 15 is 0 Å². The van der Waals surface area contributed by atoms with Crippen molar-refractivity contribution in [1.82, 2.24) is 0 Å². The molecule has 0 saturated carbocycles. The van der Waals surface area contributed by atoms with Gasteiger partial charge in [-0.25, -0.2) is 9.13 Å². The Kier molecular flexibility index (Phi) is 69.6. The number of aliphatic hydroxyl groups is 1.